The molecule has 0 saturated heterocycles. The molecule has 0 amide bonds. The molecule has 1 aromatic heterocycles. The Morgan fingerprint density at radius 3 is 2.29 bits per heavy atom. The second-order valence-electron chi connectivity index (χ2n) is 9.50. The van der Waals surface area contributed by atoms with Crippen molar-refractivity contribution in [3.8, 4) is 17.3 Å². The Kier molecular flexibility index (Phi) is 9.83. The maximum atomic E-state index is 13.5. The van der Waals surface area contributed by atoms with E-state index in [1.807, 2.05) is 30.3 Å². The van der Waals surface area contributed by atoms with Crippen LogP contribution in [0.15, 0.2) is 54.6 Å². The Balaban J connectivity index is 1.93. The number of hydrogen-bond acceptors (Lipinski definition) is 5. The minimum Gasteiger partial charge on any atom is -0.439 e. The summed E-state index contributed by atoms with van der Waals surface area (Å²) < 4.78 is 27.3. The number of aryl methyl sites for hydroxylation is 1. The van der Waals surface area contributed by atoms with Gasteiger partial charge in [-0.2, -0.15) is 5.10 Å². The topological polar surface area (TPSA) is 59.8 Å². The lowest BCUT2D eigenvalue weighted by Crippen LogP contribution is -2.39. The van der Waals surface area contributed by atoms with E-state index in [0.29, 0.717) is 43.9 Å². The predicted octanol–water partition coefficient (Wildman–Crippen LogP) is 5.61. The number of halogens is 1. The first kappa shape index (κ1) is 26.9. The van der Waals surface area contributed by atoms with Crippen molar-refractivity contribution in [2.75, 3.05) is 19.8 Å². The third kappa shape index (κ3) is 7.62. The number of ether oxygens (including phenoxy) is 2. The van der Waals surface area contributed by atoms with Gasteiger partial charge in [-0.3, -0.25) is 4.90 Å². The fourth-order valence-electron chi connectivity index (χ4n) is 3.81. The van der Waals surface area contributed by atoms with E-state index in [-0.39, 0.29) is 11.9 Å². The Hall–Kier alpha value is -2.74. The van der Waals surface area contributed by atoms with E-state index in [1.165, 1.54) is 12.1 Å². The van der Waals surface area contributed by atoms with Crippen molar-refractivity contribution >= 4 is 0 Å². The van der Waals surface area contributed by atoms with Crippen LogP contribution in [0.4, 0.5) is 4.39 Å². The zero-order valence-electron chi connectivity index (χ0n) is 21.4. The van der Waals surface area contributed by atoms with Crippen LogP contribution in [-0.2, 0) is 17.7 Å². The zero-order valence-corrected chi connectivity index (χ0v) is 21.4. The number of rotatable bonds is 13. The first-order valence-corrected chi connectivity index (χ1v) is 12.4. The van der Waals surface area contributed by atoms with Crippen LogP contribution in [-0.4, -0.2) is 51.7 Å². The number of aliphatic hydroxyl groups excluding tert-OH is 1. The molecule has 7 heteroatoms. The van der Waals surface area contributed by atoms with Crippen LogP contribution in [0.2, 0.25) is 0 Å². The number of para-hydroxylation sites is 1. The molecule has 1 N–H and O–H groups in total. The summed E-state index contributed by atoms with van der Waals surface area (Å²) in [6.07, 6.45) is 0.118. The van der Waals surface area contributed by atoms with E-state index >= 15 is 0 Å². The Bertz CT molecular complexity index is 1040. The van der Waals surface area contributed by atoms with E-state index in [4.69, 9.17) is 14.6 Å². The van der Waals surface area contributed by atoms with Crippen LogP contribution in [0.5, 0.6) is 11.6 Å². The lowest BCUT2D eigenvalue weighted by molar-refractivity contribution is 0.00160. The molecule has 35 heavy (non-hydrogen) atoms. The van der Waals surface area contributed by atoms with E-state index in [2.05, 4.69) is 39.5 Å². The van der Waals surface area contributed by atoms with Crippen molar-refractivity contribution in [1.29, 1.82) is 0 Å². The second-order valence-corrected chi connectivity index (χ2v) is 9.50. The molecule has 0 bridgehead atoms. The molecule has 0 aliphatic carbocycles. The molecule has 0 aliphatic heterocycles. The first-order chi connectivity index (χ1) is 16.8. The summed E-state index contributed by atoms with van der Waals surface area (Å²) in [5.41, 5.74) is 2.75. The van der Waals surface area contributed by atoms with Gasteiger partial charge in [0.25, 0.3) is 0 Å². The van der Waals surface area contributed by atoms with E-state index in [1.54, 1.807) is 16.8 Å². The highest BCUT2D eigenvalue weighted by molar-refractivity contribution is 5.43. The smallest absolute Gasteiger partial charge is 0.227 e. The normalized spacial score (nSPS) is 12.6. The molecule has 2 aromatic carbocycles. The molecule has 1 atom stereocenters. The van der Waals surface area contributed by atoms with Crippen LogP contribution < -0.4 is 4.74 Å². The van der Waals surface area contributed by atoms with Gasteiger partial charge >= 0.3 is 0 Å². The quantitative estimate of drug-likeness (QED) is 0.342. The summed E-state index contributed by atoms with van der Waals surface area (Å²) in [7, 11) is 0. The standard InChI is InChI=1S/C28H38FN3O3/c1-6-27-26(17-31(21(4)5)16-24(33)19-34-18-20(2)3)28(35-25-14-12-22(29)13-15-25)32(30-27)23-10-8-7-9-11-23/h7-15,20-21,24,33H,6,16-19H2,1-5H3/t24-/m1/s1. The maximum absolute atomic E-state index is 13.5. The van der Waals surface area contributed by atoms with Gasteiger partial charge in [-0.15, -0.1) is 0 Å². The monoisotopic (exact) mass is 483 g/mol. The molecule has 0 unspecified atom stereocenters. The average Bonchev–Trinajstić information content (AvgIpc) is 3.17. The Morgan fingerprint density at radius 2 is 1.69 bits per heavy atom. The van der Waals surface area contributed by atoms with Crippen LogP contribution in [0.3, 0.4) is 0 Å². The van der Waals surface area contributed by atoms with E-state index < -0.39 is 6.10 Å². The summed E-state index contributed by atoms with van der Waals surface area (Å²) in [5.74, 6) is 1.23. The van der Waals surface area contributed by atoms with Gasteiger partial charge in [-0.05, 0) is 62.6 Å². The number of aliphatic hydroxyl groups is 1. The summed E-state index contributed by atoms with van der Waals surface area (Å²) in [6, 6.07) is 16.0. The predicted molar refractivity (Wildman–Crippen MR) is 137 cm³/mol. The zero-order chi connectivity index (χ0) is 25.4. The summed E-state index contributed by atoms with van der Waals surface area (Å²) in [4.78, 5) is 2.20. The van der Waals surface area contributed by atoms with Gasteiger partial charge in [0.15, 0.2) is 0 Å². The van der Waals surface area contributed by atoms with Crippen molar-refractivity contribution in [3.05, 3.63) is 71.7 Å². The molecular weight excluding hydrogens is 445 g/mol. The Morgan fingerprint density at radius 1 is 1.00 bits per heavy atom. The van der Waals surface area contributed by atoms with Gasteiger partial charge in [0.2, 0.25) is 5.88 Å². The number of hydrogen-bond donors (Lipinski definition) is 1. The fraction of sp³-hybridized carbons (Fsp3) is 0.464. The van der Waals surface area contributed by atoms with Gasteiger partial charge in [0, 0.05) is 25.7 Å². The summed E-state index contributed by atoms with van der Waals surface area (Å²) >= 11 is 0. The molecule has 3 aromatic rings. The number of aromatic nitrogens is 2. The van der Waals surface area contributed by atoms with Gasteiger partial charge in [-0.25, -0.2) is 9.07 Å². The highest BCUT2D eigenvalue weighted by Crippen LogP contribution is 2.32. The van der Waals surface area contributed by atoms with Crippen molar-refractivity contribution < 1.29 is 19.0 Å². The molecular formula is C28H38FN3O3. The molecule has 0 radical (unpaired) electrons. The minimum absolute atomic E-state index is 0.179. The van der Waals surface area contributed by atoms with Gasteiger partial charge in [0.1, 0.15) is 11.6 Å². The maximum Gasteiger partial charge on any atom is 0.227 e. The SMILES string of the molecule is CCc1nn(-c2ccccc2)c(Oc2ccc(F)cc2)c1CN(C[C@@H](O)COCC(C)C)C(C)C. The molecule has 0 fully saturated rings. The fourth-order valence-corrected chi connectivity index (χ4v) is 3.81. The molecule has 190 valence electrons. The molecule has 1 heterocycles. The van der Waals surface area contributed by atoms with Crippen LogP contribution in [0, 0.1) is 11.7 Å². The second kappa shape index (κ2) is 12.8. The third-order valence-corrected chi connectivity index (χ3v) is 5.68. The van der Waals surface area contributed by atoms with Crippen LogP contribution in [0.1, 0.15) is 45.9 Å². The summed E-state index contributed by atoms with van der Waals surface area (Å²) in [5, 5.41) is 15.5. The van der Waals surface area contributed by atoms with Crippen molar-refractivity contribution in [1.82, 2.24) is 14.7 Å². The highest BCUT2D eigenvalue weighted by atomic mass is 19.1. The Labute approximate surface area is 208 Å². The molecule has 3 rings (SSSR count). The summed E-state index contributed by atoms with van der Waals surface area (Å²) in [6.45, 7) is 12.4. The minimum atomic E-state index is -0.605. The number of nitrogens with zero attached hydrogens (tertiary/aromatic N) is 3. The lowest BCUT2D eigenvalue weighted by atomic mass is 10.1. The van der Waals surface area contributed by atoms with E-state index in [0.717, 1.165) is 23.4 Å². The van der Waals surface area contributed by atoms with Gasteiger partial charge in [0.05, 0.1) is 29.7 Å². The van der Waals surface area contributed by atoms with Gasteiger partial charge in [-0.1, -0.05) is 39.0 Å². The van der Waals surface area contributed by atoms with Crippen molar-refractivity contribution in [2.45, 2.75) is 59.7 Å². The highest BCUT2D eigenvalue weighted by Gasteiger charge is 2.25. The van der Waals surface area contributed by atoms with Crippen LogP contribution in [0.25, 0.3) is 5.69 Å². The van der Waals surface area contributed by atoms with Crippen molar-refractivity contribution in [3.63, 3.8) is 0 Å². The molecule has 0 aliphatic rings. The molecule has 0 saturated carbocycles. The molecule has 6 nitrogen and oxygen atoms in total. The first-order valence-electron chi connectivity index (χ1n) is 12.4. The third-order valence-electron chi connectivity index (χ3n) is 5.68. The van der Waals surface area contributed by atoms with Crippen LogP contribution >= 0.6 is 0 Å². The number of benzene rings is 2. The van der Waals surface area contributed by atoms with Gasteiger partial charge < -0.3 is 14.6 Å². The van der Waals surface area contributed by atoms with E-state index in [9.17, 15) is 9.50 Å². The largest absolute Gasteiger partial charge is 0.439 e. The van der Waals surface area contributed by atoms with Crippen molar-refractivity contribution in [2.24, 2.45) is 5.92 Å². The lowest BCUT2D eigenvalue weighted by Gasteiger charge is -2.29. The molecule has 0 spiro atoms. The average molecular weight is 484 g/mol.